The molecule has 14 heavy (non-hydrogen) atoms. The number of methoxy groups -OCH3 is 1. The monoisotopic (exact) mass is 210 g/mol. The third-order valence-corrected chi connectivity index (χ3v) is 1.43. The van der Waals surface area contributed by atoms with Crippen LogP contribution >= 0.6 is 0 Å². The summed E-state index contributed by atoms with van der Waals surface area (Å²) in [5.74, 6) is -3.68. The van der Waals surface area contributed by atoms with Crippen LogP contribution < -0.4 is 9.47 Å². The Kier molecular flexibility index (Phi) is 3.16. The molecule has 2 nitrogen and oxygen atoms in total. The molecular formula is C8H6F4O2. The second kappa shape index (κ2) is 4.17. The number of hydrogen-bond acceptors (Lipinski definition) is 2. The van der Waals surface area contributed by atoms with Crippen LogP contribution in [0.15, 0.2) is 12.1 Å². The first-order valence-corrected chi connectivity index (χ1v) is 3.53. The van der Waals surface area contributed by atoms with Gasteiger partial charge in [-0.25, -0.2) is 8.78 Å². The highest BCUT2D eigenvalue weighted by Gasteiger charge is 2.19. The van der Waals surface area contributed by atoms with Gasteiger partial charge in [-0.3, -0.25) is 0 Å². The number of hydrogen-bond donors (Lipinski definition) is 0. The van der Waals surface area contributed by atoms with Gasteiger partial charge in [-0.05, 0) is 12.1 Å². The van der Waals surface area contributed by atoms with Gasteiger partial charge in [0.05, 0.1) is 7.11 Å². The van der Waals surface area contributed by atoms with Crippen LogP contribution in [-0.2, 0) is 0 Å². The lowest BCUT2D eigenvalue weighted by Gasteiger charge is -2.10. The summed E-state index contributed by atoms with van der Waals surface area (Å²) >= 11 is 0. The van der Waals surface area contributed by atoms with E-state index in [1.807, 2.05) is 0 Å². The van der Waals surface area contributed by atoms with Crippen molar-refractivity contribution in [3.05, 3.63) is 23.8 Å². The number of rotatable bonds is 3. The van der Waals surface area contributed by atoms with Gasteiger partial charge in [-0.2, -0.15) is 8.78 Å². The minimum absolute atomic E-state index is 0.676. The molecular weight excluding hydrogens is 204 g/mol. The van der Waals surface area contributed by atoms with Gasteiger partial charge in [-0.1, -0.05) is 0 Å². The van der Waals surface area contributed by atoms with Gasteiger partial charge in [0.25, 0.3) is 0 Å². The zero-order valence-electron chi connectivity index (χ0n) is 7.06. The number of benzene rings is 1. The lowest BCUT2D eigenvalue weighted by Crippen LogP contribution is -2.06. The molecule has 0 aliphatic heterocycles. The summed E-state index contributed by atoms with van der Waals surface area (Å²) in [6, 6.07) is 1.43. The Hall–Kier alpha value is -1.46. The Morgan fingerprint density at radius 2 is 1.57 bits per heavy atom. The van der Waals surface area contributed by atoms with Crippen molar-refractivity contribution in [2.75, 3.05) is 7.11 Å². The molecule has 0 saturated carbocycles. The fourth-order valence-corrected chi connectivity index (χ4v) is 0.904. The molecule has 0 aliphatic carbocycles. The van der Waals surface area contributed by atoms with E-state index in [1.54, 1.807) is 0 Å². The molecule has 0 heterocycles. The van der Waals surface area contributed by atoms with Gasteiger partial charge >= 0.3 is 6.61 Å². The highest BCUT2D eigenvalue weighted by Crippen LogP contribution is 2.33. The van der Waals surface area contributed by atoms with Crippen LogP contribution in [0.5, 0.6) is 11.5 Å². The molecule has 0 saturated heterocycles. The van der Waals surface area contributed by atoms with Crippen molar-refractivity contribution in [3.63, 3.8) is 0 Å². The van der Waals surface area contributed by atoms with E-state index in [4.69, 9.17) is 0 Å². The molecule has 0 amide bonds. The van der Waals surface area contributed by atoms with Gasteiger partial charge in [-0.15, -0.1) is 0 Å². The maximum absolute atomic E-state index is 12.9. The van der Waals surface area contributed by atoms with E-state index in [0.717, 1.165) is 13.2 Å². The van der Waals surface area contributed by atoms with Gasteiger partial charge < -0.3 is 9.47 Å². The van der Waals surface area contributed by atoms with E-state index < -0.39 is 29.7 Å². The third kappa shape index (κ3) is 2.07. The van der Waals surface area contributed by atoms with E-state index in [-0.39, 0.29) is 0 Å². The SMILES string of the molecule is COc1c(F)ccc(F)c1OC(F)F. The Morgan fingerprint density at radius 3 is 2.00 bits per heavy atom. The van der Waals surface area contributed by atoms with Gasteiger partial charge in [0.2, 0.25) is 5.75 Å². The van der Waals surface area contributed by atoms with Crippen molar-refractivity contribution in [2.45, 2.75) is 6.61 Å². The van der Waals surface area contributed by atoms with Crippen LogP contribution in [0, 0.1) is 11.6 Å². The molecule has 0 aliphatic rings. The average Bonchev–Trinajstić information content (AvgIpc) is 2.11. The lowest BCUT2D eigenvalue weighted by atomic mass is 10.3. The van der Waals surface area contributed by atoms with Crippen molar-refractivity contribution in [2.24, 2.45) is 0 Å². The summed E-state index contributed by atoms with van der Waals surface area (Å²) in [5, 5.41) is 0. The van der Waals surface area contributed by atoms with Crippen LogP contribution in [0.1, 0.15) is 0 Å². The Balaban J connectivity index is 3.16. The van der Waals surface area contributed by atoms with Crippen molar-refractivity contribution in [1.29, 1.82) is 0 Å². The van der Waals surface area contributed by atoms with Crippen molar-refractivity contribution in [1.82, 2.24) is 0 Å². The summed E-state index contributed by atoms with van der Waals surface area (Å²) in [6.07, 6.45) is 0. The van der Waals surface area contributed by atoms with Crippen LogP contribution in [-0.4, -0.2) is 13.7 Å². The van der Waals surface area contributed by atoms with Gasteiger partial charge in [0.1, 0.15) is 0 Å². The standard InChI is InChI=1S/C8H6F4O2/c1-13-6-4(9)2-3-5(10)7(6)14-8(11)12/h2-3,8H,1H3. The molecule has 0 radical (unpaired) electrons. The maximum atomic E-state index is 12.9. The molecule has 1 aromatic rings. The zero-order chi connectivity index (χ0) is 10.7. The molecule has 1 aromatic carbocycles. The summed E-state index contributed by atoms with van der Waals surface area (Å²) < 4.78 is 57.5. The van der Waals surface area contributed by atoms with Crippen LogP contribution in [0.4, 0.5) is 17.6 Å². The highest BCUT2D eigenvalue weighted by atomic mass is 19.3. The van der Waals surface area contributed by atoms with Gasteiger partial charge in [0.15, 0.2) is 17.4 Å². The van der Waals surface area contributed by atoms with E-state index in [1.165, 1.54) is 0 Å². The molecule has 0 aromatic heterocycles. The molecule has 0 N–H and O–H groups in total. The smallest absolute Gasteiger partial charge is 0.387 e. The highest BCUT2D eigenvalue weighted by molar-refractivity contribution is 5.42. The van der Waals surface area contributed by atoms with Crippen LogP contribution in [0.3, 0.4) is 0 Å². The summed E-state index contributed by atoms with van der Waals surface area (Å²) in [5.41, 5.74) is 0. The predicted molar refractivity (Wildman–Crippen MR) is 39.5 cm³/mol. The fraction of sp³-hybridized carbons (Fsp3) is 0.250. The fourth-order valence-electron chi connectivity index (χ4n) is 0.904. The minimum atomic E-state index is -3.24. The first-order valence-electron chi connectivity index (χ1n) is 3.53. The number of ether oxygens (including phenoxy) is 2. The lowest BCUT2D eigenvalue weighted by molar-refractivity contribution is -0.0538. The normalized spacial score (nSPS) is 10.4. The number of halogens is 4. The first kappa shape index (κ1) is 10.6. The largest absolute Gasteiger partial charge is 0.490 e. The molecule has 1 rings (SSSR count). The molecule has 78 valence electrons. The van der Waals surface area contributed by atoms with Gasteiger partial charge in [0, 0.05) is 0 Å². The zero-order valence-corrected chi connectivity index (χ0v) is 7.06. The Morgan fingerprint density at radius 1 is 1.07 bits per heavy atom. The van der Waals surface area contributed by atoms with E-state index >= 15 is 0 Å². The molecule has 6 heteroatoms. The molecule has 0 fully saturated rings. The Bertz CT molecular complexity index is 327. The predicted octanol–water partition coefficient (Wildman–Crippen LogP) is 2.57. The average molecular weight is 210 g/mol. The Labute approximate surface area is 77.1 Å². The summed E-state index contributed by atoms with van der Waals surface area (Å²) in [4.78, 5) is 0. The summed E-state index contributed by atoms with van der Waals surface area (Å²) in [6.45, 7) is -3.24. The molecule has 0 unspecified atom stereocenters. The second-order valence-corrected chi connectivity index (χ2v) is 2.27. The molecule has 0 spiro atoms. The minimum Gasteiger partial charge on any atom is -0.490 e. The van der Waals surface area contributed by atoms with Crippen molar-refractivity contribution in [3.8, 4) is 11.5 Å². The molecule has 0 bridgehead atoms. The van der Waals surface area contributed by atoms with Crippen molar-refractivity contribution >= 4 is 0 Å². The third-order valence-electron chi connectivity index (χ3n) is 1.43. The van der Waals surface area contributed by atoms with Crippen LogP contribution in [0.2, 0.25) is 0 Å². The van der Waals surface area contributed by atoms with E-state index in [9.17, 15) is 17.6 Å². The van der Waals surface area contributed by atoms with E-state index in [0.29, 0.717) is 6.07 Å². The quantitative estimate of drug-likeness (QED) is 0.714. The maximum Gasteiger partial charge on any atom is 0.387 e. The molecule has 0 atom stereocenters. The topological polar surface area (TPSA) is 18.5 Å². The van der Waals surface area contributed by atoms with E-state index in [2.05, 4.69) is 9.47 Å². The second-order valence-electron chi connectivity index (χ2n) is 2.27. The van der Waals surface area contributed by atoms with Crippen molar-refractivity contribution < 1.29 is 27.0 Å². The first-order chi connectivity index (χ1) is 6.56. The summed E-state index contributed by atoms with van der Waals surface area (Å²) in [7, 11) is 1.02. The number of alkyl halides is 2. The van der Waals surface area contributed by atoms with Crippen LogP contribution in [0.25, 0.3) is 0 Å².